The van der Waals surface area contributed by atoms with Crippen molar-refractivity contribution in [1.82, 2.24) is 4.90 Å². The summed E-state index contributed by atoms with van der Waals surface area (Å²) in [7, 11) is 0. The van der Waals surface area contributed by atoms with E-state index in [1.165, 1.54) is 45.2 Å². The van der Waals surface area contributed by atoms with Gasteiger partial charge in [-0.05, 0) is 57.0 Å². The van der Waals surface area contributed by atoms with E-state index in [0.717, 1.165) is 18.9 Å². The summed E-state index contributed by atoms with van der Waals surface area (Å²) < 4.78 is 0. The Hall–Kier alpha value is -0.0800. The van der Waals surface area contributed by atoms with Crippen LogP contribution in [0.5, 0.6) is 0 Å². The monoisotopic (exact) mass is 211 g/mol. The highest BCUT2D eigenvalue weighted by Gasteiger charge is 2.30. The fourth-order valence-corrected chi connectivity index (χ4v) is 3.21. The second kappa shape index (κ2) is 5.31. The van der Waals surface area contributed by atoms with Gasteiger partial charge in [0.2, 0.25) is 0 Å². The number of rotatable bonds is 3. The number of hydrogen-bond donors (Lipinski definition) is 1. The van der Waals surface area contributed by atoms with Crippen LogP contribution in [0.15, 0.2) is 0 Å². The lowest BCUT2D eigenvalue weighted by atomic mass is 9.78. The van der Waals surface area contributed by atoms with Gasteiger partial charge in [0, 0.05) is 6.54 Å². The van der Waals surface area contributed by atoms with Crippen LogP contribution in [0.3, 0.4) is 0 Å². The molecular weight excluding hydrogens is 186 g/mol. The Kier molecular flexibility index (Phi) is 4.04. The smallest absolute Gasteiger partial charge is 0.0580 e. The van der Waals surface area contributed by atoms with Crippen LogP contribution in [0, 0.1) is 11.8 Å². The number of hydrogen-bond acceptors (Lipinski definition) is 2. The van der Waals surface area contributed by atoms with E-state index in [4.69, 9.17) is 0 Å². The standard InChI is InChI=1S/C13H25NO/c1-2-11-5-6-13(15)12(9-11)10-14-7-3-4-8-14/h11-13,15H,2-10H2,1H3. The van der Waals surface area contributed by atoms with Crippen molar-refractivity contribution in [2.75, 3.05) is 19.6 Å². The van der Waals surface area contributed by atoms with Crippen molar-refractivity contribution in [3.8, 4) is 0 Å². The number of likely N-dealkylation sites (tertiary alicyclic amines) is 1. The molecule has 0 amide bonds. The van der Waals surface area contributed by atoms with E-state index >= 15 is 0 Å². The van der Waals surface area contributed by atoms with Crippen molar-refractivity contribution >= 4 is 0 Å². The normalized spacial score (nSPS) is 38.4. The molecule has 2 nitrogen and oxygen atoms in total. The third-order valence-electron chi connectivity index (χ3n) is 4.32. The molecule has 0 radical (unpaired) electrons. The molecule has 0 aromatic carbocycles. The van der Waals surface area contributed by atoms with Crippen LogP contribution in [0.2, 0.25) is 0 Å². The average Bonchev–Trinajstić information content (AvgIpc) is 2.74. The fraction of sp³-hybridized carbons (Fsp3) is 1.00. The third kappa shape index (κ3) is 2.94. The summed E-state index contributed by atoms with van der Waals surface area (Å²) >= 11 is 0. The first-order valence-corrected chi connectivity index (χ1v) is 6.70. The number of aliphatic hydroxyl groups excluding tert-OH is 1. The summed E-state index contributed by atoms with van der Waals surface area (Å²) in [5.41, 5.74) is 0. The van der Waals surface area contributed by atoms with Crippen LogP contribution in [-0.2, 0) is 0 Å². The maximum absolute atomic E-state index is 10.0. The Morgan fingerprint density at radius 2 is 1.93 bits per heavy atom. The van der Waals surface area contributed by atoms with Gasteiger partial charge in [-0.2, -0.15) is 0 Å². The zero-order valence-electron chi connectivity index (χ0n) is 9.99. The van der Waals surface area contributed by atoms with Crippen LogP contribution in [0.25, 0.3) is 0 Å². The van der Waals surface area contributed by atoms with Crippen molar-refractivity contribution in [2.45, 2.75) is 51.6 Å². The molecule has 88 valence electrons. The van der Waals surface area contributed by atoms with Gasteiger partial charge in [0.15, 0.2) is 0 Å². The summed E-state index contributed by atoms with van der Waals surface area (Å²) in [6.45, 7) is 5.97. The topological polar surface area (TPSA) is 23.5 Å². The van der Waals surface area contributed by atoms with Crippen molar-refractivity contribution in [2.24, 2.45) is 11.8 Å². The minimum atomic E-state index is -0.0200. The molecule has 3 unspecified atom stereocenters. The van der Waals surface area contributed by atoms with Gasteiger partial charge < -0.3 is 10.0 Å². The molecule has 0 aromatic rings. The molecule has 1 saturated heterocycles. The molecule has 15 heavy (non-hydrogen) atoms. The van der Waals surface area contributed by atoms with Crippen LogP contribution in [0.4, 0.5) is 0 Å². The van der Waals surface area contributed by atoms with Crippen LogP contribution < -0.4 is 0 Å². The third-order valence-corrected chi connectivity index (χ3v) is 4.32. The van der Waals surface area contributed by atoms with Gasteiger partial charge in [-0.3, -0.25) is 0 Å². The molecule has 1 N–H and O–H groups in total. The molecule has 0 bridgehead atoms. The predicted molar refractivity (Wildman–Crippen MR) is 62.8 cm³/mol. The first-order chi connectivity index (χ1) is 7.29. The highest BCUT2D eigenvalue weighted by molar-refractivity contribution is 4.82. The predicted octanol–water partition coefficient (Wildman–Crippen LogP) is 2.27. The maximum atomic E-state index is 10.0. The lowest BCUT2D eigenvalue weighted by Crippen LogP contribution is -2.37. The van der Waals surface area contributed by atoms with E-state index in [1.807, 2.05) is 0 Å². The lowest BCUT2D eigenvalue weighted by molar-refractivity contribution is 0.0306. The molecular formula is C13H25NO. The fourth-order valence-electron chi connectivity index (χ4n) is 3.21. The molecule has 2 fully saturated rings. The summed E-state index contributed by atoms with van der Waals surface area (Å²) in [6.07, 6.45) is 7.54. The lowest BCUT2D eigenvalue weighted by Gasteiger charge is -2.35. The summed E-state index contributed by atoms with van der Waals surface area (Å²) in [6, 6.07) is 0. The molecule has 0 aromatic heterocycles. The van der Waals surface area contributed by atoms with Gasteiger partial charge >= 0.3 is 0 Å². The molecule has 2 aliphatic rings. The summed E-state index contributed by atoms with van der Waals surface area (Å²) in [5.74, 6) is 1.43. The minimum Gasteiger partial charge on any atom is -0.393 e. The van der Waals surface area contributed by atoms with Gasteiger partial charge in [-0.25, -0.2) is 0 Å². The Bertz CT molecular complexity index is 189. The van der Waals surface area contributed by atoms with Crippen molar-refractivity contribution in [1.29, 1.82) is 0 Å². The Balaban J connectivity index is 1.82. The Morgan fingerprint density at radius 3 is 2.60 bits per heavy atom. The highest BCUT2D eigenvalue weighted by Crippen LogP contribution is 2.32. The molecule has 0 spiro atoms. The van der Waals surface area contributed by atoms with E-state index in [0.29, 0.717) is 5.92 Å². The van der Waals surface area contributed by atoms with Crippen LogP contribution in [-0.4, -0.2) is 35.7 Å². The maximum Gasteiger partial charge on any atom is 0.0580 e. The van der Waals surface area contributed by atoms with Gasteiger partial charge in [0.05, 0.1) is 6.10 Å². The molecule has 2 rings (SSSR count). The SMILES string of the molecule is CCC1CCC(O)C(CN2CCCC2)C1. The first-order valence-electron chi connectivity index (χ1n) is 6.70. The molecule has 2 heteroatoms. The van der Waals surface area contributed by atoms with Gasteiger partial charge in [0.1, 0.15) is 0 Å². The van der Waals surface area contributed by atoms with Gasteiger partial charge in [-0.1, -0.05) is 13.3 Å². The Labute approximate surface area is 93.7 Å². The first kappa shape index (κ1) is 11.4. The van der Waals surface area contributed by atoms with E-state index in [2.05, 4.69) is 11.8 Å². The molecule has 1 aliphatic carbocycles. The molecule has 1 saturated carbocycles. The second-order valence-electron chi connectivity index (χ2n) is 5.42. The van der Waals surface area contributed by atoms with E-state index < -0.39 is 0 Å². The second-order valence-corrected chi connectivity index (χ2v) is 5.42. The van der Waals surface area contributed by atoms with Crippen molar-refractivity contribution < 1.29 is 5.11 Å². The van der Waals surface area contributed by atoms with E-state index in [9.17, 15) is 5.11 Å². The van der Waals surface area contributed by atoms with E-state index in [1.54, 1.807) is 0 Å². The minimum absolute atomic E-state index is 0.0200. The highest BCUT2D eigenvalue weighted by atomic mass is 16.3. The largest absolute Gasteiger partial charge is 0.393 e. The zero-order valence-corrected chi connectivity index (χ0v) is 9.99. The quantitative estimate of drug-likeness (QED) is 0.774. The van der Waals surface area contributed by atoms with Gasteiger partial charge in [-0.15, -0.1) is 0 Å². The summed E-state index contributed by atoms with van der Waals surface area (Å²) in [4.78, 5) is 2.55. The van der Waals surface area contributed by atoms with Crippen LogP contribution >= 0.6 is 0 Å². The zero-order chi connectivity index (χ0) is 10.7. The van der Waals surface area contributed by atoms with E-state index in [-0.39, 0.29) is 6.10 Å². The average molecular weight is 211 g/mol. The number of aliphatic hydroxyl groups is 1. The van der Waals surface area contributed by atoms with Crippen LogP contribution in [0.1, 0.15) is 45.4 Å². The summed E-state index contributed by atoms with van der Waals surface area (Å²) in [5, 5.41) is 10.0. The molecule has 3 atom stereocenters. The Morgan fingerprint density at radius 1 is 1.20 bits per heavy atom. The number of nitrogens with zero attached hydrogens (tertiary/aromatic N) is 1. The van der Waals surface area contributed by atoms with Crippen molar-refractivity contribution in [3.05, 3.63) is 0 Å². The van der Waals surface area contributed by atoms with Gasteiger partial charge in [0.25, 0.3) is 0 Å². The molecule has 1 aliphatic heterocycles. The van der Waals surface area contributed by atoms with Crippen molar-refractivity contribution in [3.63, 3.8) is 0 Å². The molecule has 1 heterocycles.